The van der Waals surface area contributed by atoms with Gasteiger partial charge in [0.15, 0.2) is 0 Å². The van der Waals surface area contributed by atoms with Crippen LogP contribution in [-0.4, -0.2) is 46.6 Å². The van der Waals surface area contributed by atoms with Gasteiger partial charge in [-0.1, -0.05) is 12.1 Å². The number of para-hydroxylation sites is 1. The number of sulfonamides is 1. The minimum absolute atomic E-state index is 0.0902. The Hall–Kier alpha value is -1.11. The Labute approximate surface area is 120 Å². The average molecular weight is 296 g/mol. The van der Waals surface area contributed by atoms with Gasteiger partial charge in [-0.15, -0.1) is 0 Å². The Morgan fingerprint density at radius 3 is 2.70 bits per heavy atom. The van der Waals surface area contributed by atoms with Crippen LogP contribution in [0, 0.1) is 5.41 Å². The summed E-state index contributed by atoms with van der Waals surface area (Å²) < 4.78 is 33.3. The molecule has 0 amide bonds. The van der Waals surface area contributed by atoms with Crippen LogP contribution in [0.2, 0.25) is 0 Å². The van der Waals surface area contributed by atoms with E-state index in [-0.39, 0.29) is 10.3 Å². The molecule has 0 aliphatic carbocycles. The molecule has 0 atom stereocenters. The first kappa shape index (κ1) is 13.9. The summed E-state index contributed by atoms with van der Waals surface area (Å²) in [5.41, 5.74) is -0.0902. The fraction of sp³-hybridized carbons (Fsp3) is 0.571. The molecule has 1 aromatic rings. The van der Waals surface area contributed by atoms with Gasteiger partial charge in [-0.25, -0.2) is 13.1 Å². The van der Waals surface area contributed by atoms with Gasteiger partial charge in [-0.05, 0) is 45.1 Å². The number of piperidine rings is 1. The minimum atomic E-state index is -3.48. The number of hydrogen-bond acceptors (Lipinski definition) is 4. The van der Waals surface area contributed by atoms with Crippen molar-refractivity contribution in [3.63, 3.8) is 0 Å². The number of likely N-dealkylation sites (tertiary alicyclic amines) is 1. The van der Waals surface area contributed by atoms with Crippen LogP contribution in [0.4, 0.5) is 0 Å². The molecule has 1 N–H and O–H groups in total. The predicted octanol–water partition coefficient (Wildman–Crippen LogP) is 1.07. The molecule has 5 nitrogen and oxygen atoms in total. The van der Waals surface area contributed by atoms with E-state index in [1.165, 1.54) is 0 Å². The highest BCUT2D eigenvalue weighted by Gasteiger charge is 2.38. The summed E-state index contributed by atoms with van der Waals surface area (Å²) in [6.07, 6.45) is 1.91. The lowest BCUT2D eigenvalue weighted by Crippen LogP contribution is -2.49. The van der Waals surface area contributed by atoms with E-state index >= 15 is 0 Å². The van der Waals surface area contributed by atoms with Gasteiger partial charge < -0.3 is 9.64 Å². The van der Waals surface area contributed by atoms with E-state index in [1.807, 2.05) is 0 Å². The second-order valence-electron chi connectivity index (χ2n) is 5.86. The first-order valence-corrected chi connectivity index (χ1v) is 8.39. The number of benzene rings is 1. The summed E-state index contributed by atoms with van der Waals surface area (Å²) in [6.45, 7) is 2.98. The largest absolute Gasteiger partial charge is 0.492 e. The zero-order valence-corrected chi connectivity index (χ0v) is 12.4. The molecule has 1 spiro atoms. The van der Waals surface area contributed by atoms with Crippen molar-refractivity contribution in [1.29, 1.82) is 0 Å². The Balaban J connectivity index is 1.91. The Morgan fingerprint density at radius 2 is 1.95 bits per heavy atom. The second kappa shape index (κ2) is 5.02. The topological polar surface area (TPSA) is 58.6 Å². The zero-order valence-electron chi connectivity index (χ0n) is 11.6. The highest BCUT2D eigenvalue weighted by Crippen LogP contribution is 2.35. The fourth-order valence-electron chi connectivity index (χ4n) is 2.81. The lowest BCUT2D eigenvalue weighted by atomic mass is 9.79. The van der Waals surface area contributed by atoms with Crippen molar-refractivity contribution < 1.29 is 13.2 Å². The van der Waals surface area contributed by atoms with Crippen LogP contribution in [0.15, 0.2) is 29.2 Å². The number of hydrogen-bond donors (Lipinski definition) is 1. The monoisotopic (exact) mass is 296 g/mol. The summed E-state index contributed by atoms with van der Waals surface area (Å²) in [7, 11) is -1.39. The normalized spacial score (nSPS) is 25.2. The lowest BCUT2D eigenvalue weighted by molar-refractivity contribution is 0.0653. The highest BCUT2D eigenvalue weighted by molar-refractivity contribution is 7.89. The molecular formula is C14H20N2O3S. The summed E-state index contributed by atoms with van der Waals surface area (Å²) in [4.78, 5) is 2.51. The molecule has 2 heterocycles. The molecule has 0 bridgehead atoms. The third-order valence-electron chi connectivity index (χ3n) is 4.36. The van der Waals surface area contributed by atoms with Crippen molar-refractivity contribution in [2.45, 2.75) is 17.7 Å². The van der Waals surface area contributed by atoms with E-state index in [2.05, 4.69) is 16.7 Å². The summed E-state index contributed by atoms with van der Waals surface area (Å²) in [6, 6.07) is 6.83. The van der Waals surface area contributed by atoms with E-state index in [0.29, 0.717) is 18.9 Å². The molecule has 2 aliphatic rings. The molecule has 3 rings (SSSR count). The van der Waals surface area contributed by atoms with E-state index < -0.39 is 10.0 Å². The summed E-state index contributed by atoms with van der Waals surface area (Å²) in [5, 5.41) is 0. The fourth-order valence-corrected chi connectivity index (χ4v) is 4.11. The van der Waals surface area contributed by atoms with Crippen LogP contribution in [0.5, 0.6) is 5.75 Å². The average Bonchev–Trinajstić information content (AvgIpc) is 2.45. The van der Waals surface area contributed by atoms with Crippen LogP contribution in [-0.2, 0) is 10.0 Å². The van der Waals surface area contributed by atoms with Crippen LogP contribution < -0.4 is 9.46 Å². The lowest BCUT2D eigenvalue weighted by Gasteiger charge is -2.41. The van der Waals surface area contributed by atoms with Crippen molar-refractivity contribution in [2.75, 3.05) is 33.3 Å². The van der Waals surface area contributed by atoms with E-state index in [0.717, 1.165) is 25.9 Å². The molecule has 0 saturated carbocycles. The SMILES string of the molecule is CN1CCC2(CC1)CNS(=O)(=O)c1ccccc1OC2. The number of nitrogens with one attached hydrogen (secondary N) is 1. The van der Waals surface area contributed by atoms with Gasteiger partial charge >= 0.3 is 0 Å². The smallest absolute Gasteiger partial charge is 0.244 e. The minimum Gasteiger partial charge on any atom is -0.492 e. The van der Waals surface area contributed by atoms with Gasteiger partial charge in [0.25, 0.3) is 0 Å². The molecule has 1 fully saturated rings. The van der Waals surface area contributed by atoms with Crippen molar-refractivity contribution in [1.82, 2.24) is 9.62 Å². The molecule has 20 heavy (non-hydrogen) atoms. The van der Waals surface area contributed by atoms with Gasteiger partial charge in [-0.3, -0.25) is 0 Å². The number of ether oxygens (including phenoxy) is 1. The Kier molecular flexibility index (Phi) is 3.48. The standard InChI is InChI=1S/C14H20N2O3S/c1-16-8-6-14(7-9-16)10-15-20(17,18)13-5-3-2-4-12(13)19-11-14/h2-5,15H,6-11H2,1H3. The molecule has 1 saturated heterocycles. The molecule has 6 heteroatoms. The Bertz CT molecular complexity index is 592. The molecule has 110 valence electrons. The summed E-state index contributed by atoms with van der Waals surface area (Å²) in [5.74, 6) is 0.456. The quantitative estimate of drug-likeness (QED) is 0.778. The van der Waals surface area contributed by atoms with Crippen LogP contribution in [0.3, 0.4) is 0 Å². The maximum absolute atomic E-state index is 12.3. The molecular weight excluding hydrogens is 276 g/mol. The molecule has 1 aromatic carbocycles. The van der Waals surface area contributed by atoms with Crippen molar-refractivity contribution in [3.8, 4) is 5.75 Å². The van der Waals surface area contributed by atoms with Gasteiger partial charge in [0.1, 0.15) is 10.6 Å². The van der Waals surface area contributed by atoms with Crippen LogP contribution >= 0.6 is 0 Å². The van der Waals surface area contributed by atoms with Gasteiger partial charge in [0.05, 0.1) is 6.61 Å². The third kappa shape index (κ3) is 2.55. The van der Waals surface area contributed by atoms with Gasteiger partial charge in [0, 0.05) is 12.0 Å². The molecule has 2 aliphatic heterocycles. The van der Waals surface area contributed by atoms with Gasteiger partial charge in [-0.2, -0.15) is 0 Å². The third-order valence-corrected chi connectivity index (χ3v) is 5.80. The highest BCUT2D eigenvalue weighted by atomic mass is 32.2. The van der Waals surface area contributed by atoms with Crippen molar-refractivity contribution >= 4 is 10.0 Å². The maximum Gasteiger partial charge on any atom is 0.244 e. The molecule has 0 radical (unpaired) electrons. The first-order valence-electron chi connectivity index (χ1n) is 6.91. The molecule has 0 aromatic heterocycles. The maximum atomic E-state index is 12.3. The Morgan fingerprint density at radius 1 is 1.25 bits per heavy atom. The molecule has 0 unspecified atom stereocenters. The van der Waals surface area contributed by atoms with Gasteiger partial charge in [0.2, 0.25) is 10.0 Å². The van der Waals surface area contributed by atoms with Crippen LogP contribution in [0.25, 0.3) is 0 Å². The van der Waals surface area contributed by atoms with Crippen LogP contribution in [0.1, 0.15) is 12.8 Å². The summed E-state index contributed by atoms with van der Waals surface area (Å²) >= 11 is 0. The zero-order chi connectivity index (χ0) is 14.2. The second-order valence-corrected chi connectivity index (χ2v) is 7.60. The predicted molar refractivity (Wildman–Crippen MR) is 76.3 cm³/mol. The van der Waals surface area contributed by atoms with E-state index in [4.69, 9.17) is 4.74 Å². The number of fused-ring (bicyclic) bond motifs is 1. The van der Waals surface area contributed by atoms with E-state index in [1.54, 1.807) is 24.3 Å². The van der Waals surface area contributed by atoms with Crippen molar-refractivity contribution in [3.05, 3.63) is 24.3 Å². The first-order chi connectivity index (χ1) is 9.51. The van der Waals surface area contributed by atoms with E-state index in [9.17, 15) is 8.42 Å². The van der Waals surface area contributed by atoms with Crippen molar-refractivity contribution in [2.24, 2.45) is 5.41 Å². The number of nitrogens with zero attached hydrogens (tertiary/aromatic N) is 1. The number of rotatable bonds is 0.